The number of methoxy groups -OCH3 is 1. The lowest BCUT2D eigenvalue weighted by atomic mass is 9.98. The van der Waals surface area contributed by atoms with Crippen molar-refractivity contribution >= 4 is 18.0 Å². The van der Waals surface area contributed by atoms with Crippen molar-refractivity contribution in [3.8, 4) is 11.1 Å². The molecule has 0 bridgehead atoms. The van der Waals surface area contributed by atoms with Crippen LogP contribution < -0.4 is 10.6 Å². The summed E-state index contributed by atoms with van der Waals surface area (Å²) in [5.74, 6) is -1.70. The Bertz CT molecular complexity index is 999. The number of hydrogen-bond donors (Lipinski definition) is 3. The Morgan fingerprint density at radius 3 is 2.11 bits per heavy atom. The minimum Gasteiger partial charge on any atom is -0.481 e. The predicted molar refractivity (Wildman–Crippen MR) is 135 cm³/mol. The Balaban J connectivity index is 1.47. The van der Waals surface area contributed by atoms with Crippen molar-refractivity contribution in [2.45, 2.75) is 24.8 Å². The number of carboxylic acid groups (broad SMARTS) is 1. The summed E-state index contributed by atoms with van der Waals surface area (Å²) in [6, 6.07) is 14.9. The van der Waals surface area contributed by atoms with Crippen LogP contribution in [-0.4, -0.2) is 82.4 Å². The molecule has 3 rings (SSSR count). The fourth-order valence-electron chi connectivity index (χ4n) is 4.15. The van der Waals surface area contributed by atoms with E-state index in [0.717, 1.165) is 22.3 Å². The minimum atomic E-state index is -1.07. The first-order valence-corrected chi connectivity index (χ1v) is 12.3. The van der Waals surface area contributed by atoms with Gasteiger partial charge in [0.2, 0.25) is 5.91 Å². The Morgan fingerprint density at radius 2 is 1.49 bits per heavy atom. The van der Waals surface area contributed by atoms with Gasteiger partial charge >= 0.3 is 12.1 Å². The molecule has 37 heavy (non-hydrogen) atoms. The third-order valence-corrected chi connectivity index (χ3v) is 5.95. The number of amides is 2. The summed E-state index contributed by atoms with van der Waals surface area (Å²) in [4.78, 5) is 36.3. The maximum Gasteiger partial charge on any atom is 0.407 e. The van der Waals surface area contributed by atoms with Crippen LogP contribution in [0.3, 0.4) is 0 Å². The zero-order valence-corrected chi connectivity index (χ0v) is 20.9. The predicted octanol–water partition coefficient (Wildman–Crippen LogP) is 2.55. The van der Waals surface area contributed by atoms with Crippen LogP contribution in [0.4, 0.5) is 4.79 Å². The summed E-state index contributed by atoms with van der Waals surface area (Å²) in [5.41, 5.74) is 4.35. The molecule has 0 heterocycles. The van der Waals surface area contributed by atoms with Gasteiger partial charge < -0.3 is 34.7 Å². The van der Waals surface area contributed by atoms with Gasteiger partial charge in [-0.1, -0.05) is 48.5 Å². The second-order valence-corrected chi connectivity index (χ2v) is 8.46. The van der Waals surface area contributed by atoms with E-state index in [4.69, 9.17) is 24.1 Å². The summed E-state index contributed by atoms with van der Waals surface area (Å²) in [6.45, 7) is 2.28. The van der Waals surface area contributed by atoms with Gasteiger partial charge in [-0.3, -0.25) is 9.59 Å². The molecule has 1 atom stereocenters. The Hall–Kier alpha value is -3.47. The van der Waals surface area contributed by atoms with Crippen LogP contribution in [0.5, 0.6) is 0 Å². The average molecular weight is 515 g/mol. The summed E-state index contributed by atoms with van der Waals surface area (Å²) >= 11 is 0. The lowest BCUT2D eigenvalue weighted by Crippen LogP contribution is -2.48. The number of carbonyl (C=O) groups is 3. The number of hydrogen-bond acceptors (Lipinski definition) is 7. The first-order valence-electron chi connectivity index (χ1n) is 12.3. The second kappa shape index (κ2) is 14.9. The van der Waals surface area contributed by atoms with Crippen molar-refractivity contribution in [2.24, 2.45) is 0 Å². The molecule has 0 fully saturated rings. The van der Waals surface area contributed by atoms with E-state index < -0.39 is 24.0 Å². The van der Waals surface area contributed by atoms with Crippen LogP contribution in [0.1, 0.15) is 29.9 Å². The molecule has 0 unspecified atom stereocenters. The standard InChI is InChI=1S/C27H34N2O8/c1-34-14-15-36-17-16-35-13-12-28-26(32)24(10-11-25(30)31)29-27(33)37-18-23-21-8-4-2-6-19(21)20-7-3-5-9-22(20)23/h2-9,23-24H,10-18H2,1H3,(H,28,32)(H,29,33)(H,30,31)/t24-/m0/s1. The van der Waals surface area contributed by atoms with E-state index in [0.29, 0.717) is 26.4 Å². The van der Waals surface area contributed by atoms with Gasteiger partial charge in [0.25, 0.3) is 0 Å². The molecule has 10 heteroatoms. The van der Waals surface area contributed by atoms with Crippen molar-refractivity contribution in [2.75, 3.05) is 53.3 Å². The molecule has 200 valence electrons. The highest BCUT2D eigenvalue weighted by Gasteiger charge is 2.30. The Kier molecular flexibility index (Phi) is 11.3. The highest BCUT2D eigenvalue weighted by molar-refractivity contribution is 5.86. The molecule has 2 amide bonds. The highest BCUT2D eigenvalue weighted by atomic mass is 16.6. The van der Waals surface area contributed by atoms with Gasteiger partial charge in [0, 0.05) is 26.0 Å². The van der Waals surface area contributed by atoms with Crippen molar-refractivity contribution < 1.29 is 38.4 Å². The van der Waals surface area contributed by atoms with Crippen molar-refractivity contribution in [1.29, 1.82) is 0 Å². The van der Waals surface area contributed by atoms with Crippen LogP contribution in [0.15, 0.2) is 48.5 Å². The zero-order chi connectivity index (χ0) is 26.5. The third-order valence-electron chi connectivity index (χ3n) is 5.95. The first kappa shape index (κ1) is 28.1. The SMILES string of the molecule is COCCOCCOCCNC(=O)[C@H](CCC(=O)O)NC(=O)OCC1c2ccccc2-c2ccccc21. The fraction of sp³-hybridized carbons (Fsp3) is 0.444. The summed E-state index contributed by atoms with van der Waals surface area (Å²) in [5, 5.41) is 14.2. The Labute approximate surface area is 216 Å². The highest BCUT2D eigenvalue weighted by Crippen LogP contribution is 2.44. The van der Waals surface area contributed by atoms with Gasteiger partial charge in [-0.15, -0.1) is 0 Å². The lowest BCUT2D eigenvalue weighted by molar-refractivity contribution is -0.137. The van der Waals surface area contributed by atoms with Crippen LogP contribution in [0.2, 0.25) is 0 Å². The zero-order valence-electron chi connectivity index (χ0n) is 20.9. The lowest BCUT2D eigenvalue weighted by Gasteiger charge is -2.19. The Morgan fingerprint density at radius 1 is 0.892 bits per heavy atom. The molecule has 1 aliphatic carbocycles. The van der Waals surface area contributed by atoms with Gasteiger partial charge in [-0.05, 0) is 28.7 Å². The maximum absolute atomic E-state index is 12.6. The fourth-order valence-corrected chi connectivity index (χ4v) is 4.15. The van der Waals surface area contributed by atoms with Gasteiger partial charge in [0.05, 0.1) is 33.0 Å². The van der Waals surface area contributed by atoms with Gasteiger partial charge in [-0.25, -0.2) is 4.79 Å². The second-order valence-electron chi connectivity index (χ2n) is 8.46. The van der Waals surface area contributed by atoms with E-state index >= 15 is 0 Å². The number of ether oxygens (including phenoxy) is 4. The molecule has 10 nitrogen and oxygen atoms in total. The summed E-state index contributed by atoms with van der Waals surface area (Å²) < 4.78 is 21.0. The number of rotatable bonds is 16. The molecule has 2 aromatic rings. The molecular formula is C27H34N2O8. The molecule has 0 spiro atoms. The summed E-state index contributed by atoms with van der Waals surface area (Å²) in [6.07, 6.45) is -1.13. The van der Waals surface area contributed by atoms with Gasteiger partial charge in [-0.2, -0.15) is 0 Å². The van der Waals surface area contributed by atoms with Crippen molar-refractivity contribution in [1.82, 2.24) is 10.6 Å². The number of aliphatic carboxylic acids is 1. The van der Waals surface area contributed by atoms with Gasteiger partial charge in [0.15, 0.2) is 0 Å². The quantitative estimate of drug-likeness (QED) is 0.291. The number of alkyl carbamates (subject to hydrolysis) is 1. The van der Waals surface area contributed by atoms with Crippen LogP contribution >= 0.6 is 0 Å². The number of carboxylic acids is 1. The van der Waals surface area contributed by atoms with E-state index in [1.54, 1.807) is 7.11 Å². The van der Waals surface area contributed by atoms with Crippen molar-refractivity contribution in [3.63, 3.8) is 0 Å². The van der Waals surface area contributed by atoms with Crippen LogP contribution in [0.25, 0.3) is 11.1 Å². The van der Waals surface area contributed by atoms with Crippen molar-refractivity contribution in [3.05, 3.63) is 59.7 Å². The molecule has 3 N–H and O–H groups in total. The number of benzene rings is 2. The van der Waals surface area contributed by atoms with E-state index in [1.165, 1.54) is 0 Å². The molecule has 0 saturated carbocycles. The number of nitrogens with one attached hydrogen (secondary N) is 2. The first-order chi connectivity index (χ1) is 18.0. The molecule has 0 aliphatic heterocycles. The largest absolute Gasteiger partial charge is 0.481 e. The monoisotopic (exact) mass is 514 g/mol. The molecule has 0 aromatic heterocycles. The van der Waals surface area contributed by atoms with E-state index in [2.05, 4.69) is 10.6 Å². The molecule has 0 radical (unpaired) electrons. The topological polar surface area (TPSA) is 132 Å². The van der Waals surface area contributed by atoms with Gasteiger partial charge in [0.1, 0.15) is 12.6 Å². The summed E-state index contributed by atoms with van der Waals surface area (Å²) in [7, 11) is 1.59. The minimum absolute atomic E-state index is 0.0699. The van der Waals surface area contributed by atoms with Crippen LogP contribution in [-0.2, 0) is 28.5 Å². The molecule has 0 saturated heterocycles. The normalized spacial score (nSPS) is 12.9. The molecule has 1 aliphatic rings. The van der Waals surface area contributed by atoms with E-state index in [1.807, 2.05) is 48.5 Å². The third kappa shape index (κ3) is 8.56. The van der Waals surface area contributed by atoms with Crippen LogP contribution in [0, 0.1) is 0 Å². The number of carbonyl (C=O) groups excluding carboxylic acids is 2. The average Bonchev–Trinajstić information content (AvgIpc) is 3.22. The van der Waals surface area contributed by atoms with E-state index in [9.17, 15) is 14.4 Å². The number of fused-ring (bicyclic) bond motifs is 3. The molecular weight excluding hydrogens is 480 g/mol. The maximum atomic E-state index is 12.6. The van der Waals surface area contributed by atoms with E-state index in [-0.39, 0.29) is 38.5 Å². The molecule has 2 aromatic carbocycles. The smallest absolute Gasteiger partial charge is 0.407 e.